The average Bonchev–Trinajstić information content (AvgIpc) is 3.18. The number of para-hydroxylation sites is 1. The van der Waals surface area contributed by atoms with E-state index in [1.165, 1.54) is 24.8 Å². The van der Waals surface area contributed by atoms with Crippen molar-refractivity contribution < 1.29 is 4.79 Å². The summed E-state index contributed by atoms with van der Waals surface area (Å²) in [5, 5.41) is 7.35. The molecule has 27 heavy (non-hydrogen) atoms. The van der Waals surface area contributed by atoms with Crippen LogP contribution in [0.4, 0.5) is 5.69 Å². The zero-order valence-corrected chi connectivity index (χ0v) is 15.9. The Kier molecular flexibility index (Phi) is 6.80. The predicted molar refractivity (Wildman–Crippen MR) is 110 cm³/mol. The fourth-order valence-corrected chi connectivity index (χ4v) is 3.03. The summed E-state index contributed by atoms with van der Waals surface area (Å²) in [6.07, 6.45) is 9.75. The number of unbranched alkanes of at least 4 members (excludes halogenated alkanes) is 2. The van der Waals surface area contributed by atoms with E-state index in [1.807, 2.05) is 59.5 Å². The van der Waals surface area contributed by atoms with Gasteiger partial charge in [-0.1, -0.05) is 50.1 Å². The van der Waals surface area contributed by atoms with E-state index in [-0.39, 0.29) is 5.91 Å². The lowest BCUT2D eigenvalue weighted by molar-refractivity contribution is -0.116. The summed E-state index contributed by atoms with van der Waals surface area (Å²) in [5.41, 5.74) is 4.27. The number of aromatic nitrogens is 2. The first-order chi connectivity index (χ1) is 13.2. The Morgan fingerprint density at radius 2 is 1.74 bits per heavy atom. The first-order valence-electron chi connectivity index (χ1n) is 9.72. The normalized spacial score (nSPS) is 10.7. The Labute approximate surface area is 161 Å². The Balaban J connectivity index is 1.46. The Morgan fingerprint density at radius 1 is 0.963 bits per heavy atom. The highest BCUT2D eigenvalue weighted by molar-refractivity contribution is 5.90. The van der Waals surface area contributed by atoms with E-state index in [1.54, 1.807) is 0 Å². The van der Waals surface area contributed by atoms with Crippen molar-refractivity contribution in [1.82, 2.24) is 9.78 Å². The monoisotopic (exact) mass is 361 g/mol. The smallest absolute Gasteiger partial charge is 0.224 e. The molecular weight excluding hydrogens is 334 g/mol. The molecule has 0 radical (unpaired) electrons. The molecule has 1 heterocycles. The lowest BCUT2D eigenvalue weighted by Crippen LogP contribution is -2.12. The third-order valence-electron chi connectivity index (χ3n) is 4.60. The van der Waals surface area contributed by atoms with E-state index < -0.39 is 0 Å². The molecule has 1 aromatic heterocycles. The van der Waals surface area contributed by atoms with Crippen molar-refractivity contribution in [1.29, 1.82) is 0 Å². The second-order valence-electron chi connectivity index (χ2n) is 6.83. The van der Waals surface area contributed by atoms with E-state index in [9.17, 15) is 4.79 Å². The third kappa shape index (κ3) is 5.81. The maximum atomic E-state index is 12.2. The summed E-state index contributed by atoms with van der Waals surface area (Å²) in [6, 6.07) is 18.2. The molecule has 1 amide bonds. The highest BCUT2D eigenvalue weighted by atomic mass is 16.1. The fraction of sp³-hybridized carbons (Fsp3) is 0.304. The number of rotatable bonds is 9. The molecular formula is C23H27N3O. The number of hydrogen-bond acceptors (Lipinski definition) is 2. The van der Waals surface area contributed by atoms with Gasteiger partial charge in [0.15, 0.2) is 0 Å². The molecule has 0 bridgehead atoms. The van der Waals surface area contributed by atoms with Crippen molar-refractivity contribution in [2.24, 2.45) is 0 Å². The zero-order chi connectivity index (χ0) is 18.9. The summed E-state index contributed by atoms with van der Waals surface area (Å²) >= 11 is 0. The van der Waals surface area contributed by atoms with E-state index in [0.29, 0.717) is 12.8 Å². The number of carbonyl (C=O) groups is 1. The Morgan fingerprint density at radius 3 is 2.48 bits per heavy atom. The van der Waals surface area contributed by atoms with E-state index >= 15 is 0 Å². The SMILES string of the molecule is CCCCCc1ccc(NC(=O)CCc2cnn(-c3ccccc3)c2)cc1. The largest absolute Gasteiger partial charge is 0.326 e. The number of nitrogens with zero attached hydrogens (tertiary/aromatic N) is 2. The number of amides is 1. The lowest BCUT2D eigenvalue weighted by atomic mass is 10.1. The van der Waals surface area contributed by atoms with Gasteiger partial charge >= 0.3 is 0 Å². The second-order valence-corrected chi connectivity index (χ2v) is 6.83. The van der Waals surface area contributed by atoms with Crippen LogP contribution in [0.3, 0.4) is 0 Å². The van der Waals surface area contributed by atoms with Crippen LogP contribution >= 0.6 is 0 Å². The summed E-state index contributed by atoms with van der Waals surface area (Å²) < 4.78 is 1.84. The molecule has 4 heteroatoms. The highest BCUT2D eigenvalue weighted by Crippen LogP contribution is 2.14. The van der Waals surface area contributed by atoms with Crippen LogP contribution < -0.4 is 5.32 Å². The Bertz CT molecular complexity index is 838. The molecule has 0 fully saturated rings. The van der Waals surface area contributed by atoms with Crippen LogP contribution in [0, 0.1) is 0 Å². The number of aryl methyl sites for hydroxylation is 2. The maximum absolute atomic E-state index is 12.2. The van der Waals surface area contributed by atoms with Crippen molar-refractivity contribution in [3.05, 3.63) is 78.1 Å². The molecule has 0 spiro atoms. The number of hydrogen-bond donors (Lipinski definition) is 1. The lowest BCUT2D eigenvalue weighted by Gasteiger charge is -2.06. The molecule has 0 aliphatic rings. The van der Waals surface area contributed by atoms with Crippen molar-refractivity contribution in [2.75, 3.05) is 5.32 Å². The van der Waals surface area contributed by atoms with Crippen molar-refractivity contribution in [3.8, 4) is 5.69 Å². The molecule has 0 aliphatic heterocycles. The molecule has 3 aromatic rings. The van der Waals surface area contributed by atoms with Crippen molar-refractivity contribution in [3.63, 3.8) is 0 Å². The number of nitrogens with one attached hydrogen (secondary N) is 1. The molecule has 1 N–H and O–H groups in total. The average molecular weight is 361 g/mol. The maximum Gasteiger partial charge on any atom is 0.224 e. The molecule has 0 saturated carbocycles. The van der Waals surface area contributed by atoms with Crippen molar-refractivity contribution >= 4 is 11.6 Å². The van der Waals surface area contributed by atoms with Crippen LogP contribution in [0.5, 0.6) is 0 Å². The van der Waals surface area contributed by atoms with Gasteiger partial charge in [0.2, 0.25) is 5.91 Å². The van der Waals surface area contributed by atoms with Crippen LogP contribution in [0.1, 0.15) is 43.7 Å². The quantitative estimate of drug-likeness (QED) is 0.534. The summed E-state index contributed by atoms with van der Waals surface area (Å²) in [4.78, 5) is 12.2. The van der Waals surface area contributed by atoms with Gasteiger partial charge in [0.1, 0.15) is 0 Å². The van der Waals surface area contributed by atoms with Gasteiger partial charge in [-0.15, -0.1) is 0 Å². The van der Waals surface area contributed by atoms with E-state index in [4.69, 9.17) is 0 Å². The van der Waals surface area contributed by atoms with Gasteiger partial charge in [-0.3, -0.25) is 4.79 Å². The van der Waals surface area contributed by atoms with E-state index in [0.717, 1.165) is 23.4 Å². The minimum atomic E-state index is 0.0289. The molecule has 140 valence electrons. The van der Waals surface area contributed by atoms with Crippen LogP contribution in [0.15, 0.2) is 67.0 Å². The van der Waals surface area contributed by atoms with Gasteiger partial charge in [-0.05, 0) is 54.7 Å². The van der Waals surface area contributed by atoms with Gasteiger partial charge in [-0.2, -0.15) is 5.10 Å². The molecule has 2 aromatic carbocycles. The fourth-order valence-electron chi connectivity index (χ4n) is 3.03. The first kappa shape index (κ1) is 18.9. The molecule has 0 aliphatic carbocycles. The van der Waals surface area contributed by atoms with Crippen molar-refractivity contribution in [2.45, 2.75) is 45.4 Å². The van der Waals surface area contributed by atoms with Crippen LogP contribution in [0.2, 0.25) is 0 Å². The minimum absolute atomic E-state index is 0.0289. The molecule has 4 nitrogen and oxygen atoms in total. The minimum Gasteiger partial charge on any atom is -0.326 e. The van der Waals surface area contributed by atoms with Gasteiger partial charge in [0.05, 0.1) is 11.9 Å². The van der Waals surface area contributed by atoms with Crippen LogP contribution in [-0.4, -0.2) is 15.7 Å². The molecule has 0 atom stereocenters. The van der Waals surface area contributed by atoms with Crippen LogP contribution in [-0.2, 0) is 17.6 Å². The first-order valence-corrected chi connectivity index (χ1v) is 9.72. The number of benzene rings is 2. The summed E-state index contributed by atoms with van der Waals surface area (Å²) in [6.45, 7) is 2.21. The predicted octanol–water partition coefficient (Wildman–Crippen LogP) is 5.18. The topological polar surface area (TPSA) is 46.9 Å². The molecule has 0 saturated heterocycles. The molecule has 3 rings (SSSR count). The van der Waals surface area contributed by atoms with Gasteiger partial charge in [0, 0.05) is 18.3 Å². The van der Waals surface area contributed by atoms with Crippen LogP contribution in [0.25, 0.3) is 5.69 Å². The zero-order valence-electron chi connectivity index (χ0n) is 15.9. The van der Waals surface area contributed by atoms with Gasteiger partial charge in [-0.25, -0.2) is 4.68 Å². The highest BCUT2D eigenvalue weighted by Gasteiger charge is 2.06. The Hall–Kier alpha value is -2.88. The standard InChI is InChI=1S/C23H27N3O/c1-2-3-5-8-19-11-14-21(15-12-19)25-23(27)16-13-20-17-24-26(18-20)22-9-6-4-7-10-22/h4,6-7,9-12,14-15,17-18H,2-3,5,8,13,16H2,1H3,(H,25,27). The summed E-state index contributed by atoms with van der Waals surface area (Å²) in [7, 11) is 0. The number of carbonyl (C=O) groups excluding carboxylic acids is 1. The van der Waals surface area contributed by atoms with Gasteiger partial charge < -0.3 is 5.32 Å². The second kappa shape index (κ2) is 9.72. The molecule has 0 unspecified atom stereocenters. The van der Waals surface area contributed by atoms with E-state index in [2.05, 4.69) is 29.5 Å². The third-order valence-corrected chi connectivity index (χ3v) is 4.60. The van der Waals surface area contributed by atoms with Gasteiger partial charge in [0.25, 0.3) is 0 Å². The summed E-state index contributed by atoms with van der Waals surface area (Å²) in [5.74, 6) is 0.0289. The number of anilines is 1.